The summed E-state index contributed by atoms with van der Waals surface area (Å²) in [6.45, 7) is 10.0. The van der Waals surface area contributed by atoms with Crippen molar-refractivity contribution in [1.82, 2.24) is 4.31 Å². The highest BCUT2D eigenvalue weighted by molar-refractivity contribution is 9.11. The number of hydrogen-bond acceptors (Lipinski definition) is 2. The summed E-state index contributed by atoms with van der Waals surface area (Å²) in [7, 11) is -3.43. The van der Waals surface area contributed by atoms with Crippen LogP contribution < -0.4 is 0 Å². The van der Waals surface area contributed by atoms with Gasteiger partial charge in [-0.2, -0.15) is 4.31 Å². The van der Waals surface area contributed by atoms with E-state index in [1.807, 2.05) is 19.1 Å². The van der Waals surface area contributed by atoms with Crippen molar-refractivity contribution in [2.45, 2.75) is 44.2 Å². The Balaban J connectivity index is 2.29. The van der Waals surface area contributed by atoms with Crippen molar-refractivity contribution in [3.8, 4) is 0 Å². The lowest BCUT2D eigenvalue weighted by atomic mass is 10.1. The number of aryl methyl sites for hydroxylation is 1. The molecule has 0 N–H and O–H groups in total. The third-order valence-electron chi connectivity index (χ3n) is 3.51. The van der Waals surface area contributed by atoms with Crippen molar-refractivity contribution in [3.05, 3.63) is 40.9 Å². The molecule has 1 fully saturated rings. The zero-order chi connectivity index (χ0) is 15.1. The average molecular weight is 358 g/mol. The number of hydrogen-bond donors (Lipinski definition) is 0. The molecular weight excluding hydrogens is 338 g/mol. The second-order valence-corrected chi connectivity index (χ2v) is 8.60. The minimum Gasteiger partial charge on any atom is -0.207 e. The molecule has 110 valence electrons. The van der Waals surface area contributed by atoms with Gasteiger partial charge < -0.3 is 0 Å². The van der Waals surface area contributed by atoms with Crippen molar-refractivity contribution in [2.24, 2.45) is 5.92 Å². The molecule has 1 heterocycles. The van der Waals surface area contributed by atoms with E-state index < -0.39 is 10.0 Å². The van der Waals surface area contributed by atoms with E-state index in [2.05, 4.69) is 36.4 Å². The molecule has 2 rings (SSSR count). The Labute approximate surface area is 129 Å². The lowest BCUT2D eigenvalue weighted by Crippen LogP contribution is -2.16. The van der Waals surface area contributed by atoms with Gasteiger partial charge in [-0.25, -0.2) is 8.42 Å². The highest BCUT2D eigenvalue weighted by Gasteiger charge is 2.56. The lowest BCUT2D eigenvalue weighted by molar-refractivity contribution is 0.515. The van der Waals surface area contributed by atoms with Crippen molar-refractivity contribution in [1.29, 1.82) is 0 Å². The maximum Gasteiger partial charge on any atom is 0.244 e. The quantitative estimate of drug-likeness (QED) is 0.753. The minimum absolute atomic E-state index is 0.0215. The van der Waals surface area contributed by atoms with Crippen molar-refractivity contribution in [3.63, 3.8) is 0 Å². The van der Waals surface area contributed by atoms with Gasteiger partial charge in [0.1, 0.15) is 0 Å². The van der Waals surface area contributed by atoms with Crippen molar-refractivity contribution < 1.29 is 8.42 Å². The third kappa shape index (κ3) is 3.00. The fourth-order valence-electron chi connectivity index (χ4n) is 2.48. The van der Waals surface area contributed by atoms with Crippen LogP contribution in [0.25, 0.3) is 0 Å². The second-order valence-electron chi connectivity index (χ2n) is 5.74. The predicted molar refractivity (Wildman–Crippen MR) is 85.3 cm³/mol. The number of sulfonamides is 1. The standard InChI is InChI=1S/C15H20BrNO2S/c1-10(2)9-14-15(12(4)16)17(14)20(18,19)13-7-5-11(3)6-8-13/h5-8,10,14-15H,4,9H2,1-3H3/t14-,15-,17?/m0/s1. The van der Waals surface area contributed by atoms with Gasteiger partial charge in [0.2, 0.25) is 10.0 Å². The summed E-state index contributed by atoms with van der Waals surface area (Å²) in [4.78, 5) is 0.355. The molecule has 5 heteroatoms. The lowest BCUT2D eigenvalue weighted by Gasteiger charge is -2.08. The molecule has 0 amide bonds. The van der Waals surface area contributed by atoms with Crippen LogP contribution in [-0.2, 0) is 10.0 Å². The smallest absolute Gasteiger partial charge is 0.207 e. The van der Waals surface area contributed by atoms with E-state index in [0.717, 1.165) is 16.5 Å². The van der Waals surface area contributed by atoms with Crippen LogP contribution in [0.4, 0.5) is 0 Å². The van der Waals surface area contributed by atoms with Gasteiger partial charge >= 0.3 is 0 Å². The summed E-state index contributed by atoms with van der Waals surface area (Å²) >= 11 is 3.35. The average Bonchev–Trinajstić information content (AvgIpc) is 3.03. The Bertz CT molecular complexity index is 607. The molecule has 1 aromatic rings. The van der Waals surface area contributed by atoms with E-state index in [-0.39, 0.29) is 12.1 Å². The summed E-state index contributed by atoms with van der Waals surface area (Å²) in [6.07, 6.45) is 0.848. The minimum atomic E-state index is -3.43. The largest absolute Gasteiger partial charge is 0.244 e. The Morgan fingerprint density at radius 3 is 2.35 bits per heavy atom. The van der Waals surface area contributed by atoms with Crippen molar-refractivity contribution in [2.75, 3.05) is 0 Å². The first-order valence-corrected chi connectivity index (χ1v) is 8.93. The molecule has 1 aliphatic rings. The zero-order valence-corrected chi connectivity index (χ0v) is 14.4. The molecule has 0 radical (unpaired) electrons. The van der Waals surface area contributed by atoms with Crippen LogP contribution >= 0.6 is 15.9 Å². The first-order chi connectivity index (χ1) is 9.25. The highest BCUT2D eigenvalue weighted by Crippen LogP contribution is 2.44. The van der Waals surface area contributed by atoms with Gasteiger partial charge in [-0.1, -0.05) is 54.1 Å². The molecule has 3 atom stereocenters. The fraction of sp³-hybridized carbons (Fsp3) is 0.467. The Morgan fingerprint density at radius 1 is 1.35 bits per heavy atom. The summed E-state index contributed by atoms with van der Waals surface area (Å²) in [6, 6.07) is 6.89. The monoisotopic (exact) mass is 357 g/mol. The van der Waals surface area contributed by atoms with Gasteiger partial charge in [-0.05, 0) is 31.4 Å². The molecule has 1 unspecified atom stereocenters. The Kier molecular flexibility index (Phi) is 4.42. The molecule has 1 aliphatic heterocycles. The van der Waals surface area contributed by atoms with Crippen LogP contribution in [0.3, 0.4) is 0 Å². The molecule has 0 saturated carbocycles. The van der Waals surface area contributed by atoms with Gasteiger partial charge in [0.05, 0.1) is 10.9 Å². The molecule has 0 spiro atoms. The number of benzene rings is 1. The molecule has 3 nitrogen and oxygen atoms in total. The zero-order valence-electron chi connectivity index (χ0n) is 12.0. The van der Waals surface area contributed by atoms with Crippen LogP contribution in [0.2, 0.25) is 0 Å². The molecule has 0 bridgehead atoms. The van der Waals surface area contributed by atoms with E-state index in [1.165, 1.54) is 0 Å². The van der Waals surface area contributed by atoms with Gasteiger partial charge in [-0.15, -0.1) is 0 Å². The maximum absolute atomic E-state index is 12.7. The first-order valence-electron chi connectivity index (χ1n) is 6.69. The number of halogens is 1. The van der Waals surface area contributed by atoms with Crippen LogP contribution in [0, 0.1) is 12.8 Å². The first kappa shape index (κ1) is 15.7. The predicted octanol–water partition coefficient (Wildman–Crippen LogP) is 3.69. The number of rotatable bonds is 5. The molecule has 0 aliphatic carbocycles. The SMILES string of the molecule is C=C(Br)[C@H]1[C@H](CC(C)C)N1S(=O)(=O)c1ccc(C)cc1. The van der Waals surface area contributed by atoms with E-state index in [0.29, 0.717) is 10.8 Å². The summed E-state index contributed by atoms with van der Waals surface area (Å²) < 4.78 is 27.7. The van der Waals surface area contributed by atoms with Crippen LogP contribution in [-0.4, -0.2) is 24.8 Å². The van der Waals surface area contributed by atoms with Crippen LogP contribution in [0.1, 0.15) is 25.8 Å². The van der Waals surface area contributed by atoms with Gasteiger partial charge in [0.25, 0.3) is 0 Å². The van der Waals surface area contributed by atoms with E-state index in [4.69, 9.17) is 0 Å². The molecule has 20 heavy (non-hydrogen) atoms. The molecule has 1 aromatic carbocycles. The van der Waals surface area contributed by atoms with Gasteiger partial charge in [0, 0.05) is 10.5 Å². The second kappa shape index (κ2) is 5.62. The summed E-state index contributed by atoms with van der Waals surface area (Å²) in [5, 5.41) is 0. The molecular formula is C15H20BrNO2S. The topological polar surface area (TPSA) is 37.1 Å². The molecule has 1 saturated heterocycles. The Hall–Kier alpha value is -0.650. The van der Waals surface area contributed by atoms with Crippen LogP contribution in [0.5, 0.6) is 0 Å². The normalized spacial score (nSPS) is 25.8. The van der Waals surface area contributed by atoms with Gasteiger partial charge in [0.15, 0.2) is 0 Å². The van der Waals surface area contributed by atoms with Crippen LogP contribution in [0.15, 0.2) is 40.2 Å². The fourth-order valence-corrected chi connectivity index (χ4v) is 4.93. The van der Waals surface area contributed by atoms with Crippen molar-refractivity contribution >= 4 is 26.0 Å². The number of nitrogens with zero attached hydrogens (tertiary/aromatic N) is 1. The maximum atomic E-state index is 12.7. The van der Waals surface area contributed by atoms with Gasteiger partial charge in [-0.3, -0.25) is 0 Å². The highest BCUT2D eigenvalue weighted by atomic mass is 79.9. The molecule has 0 aromatic heterocycles. The Morgan fingerprint density at radius 2 is 1.90 bits per heavy atom. The van der Waals surface area contributed by atoms with E-state index >= 15 is 0 Å². The van der Waals surface area contributed by atoms with E-state index in [1.54, 1.807) is 16.4 Å². The third-order valence-corrected chi connectivity index (χ3v) is 5.90. The van der Waals surface area contributed by atoms with E-state index in [9.17, 15) is 8.42 Å². The summed E-state index contributed by atoms with van der Waals surface area (Å²) in [5.74, 6) is 0.451. The summed E-state index contributed by atoms with van der Waals surface area (Å²) in [5.41, 5.74) is 1.05.